The first-order valence-electron chi connectivity index (χ1n) is 8.07. The molecule has 1 aliphatic rings. The van der Waals surface area contributed by atoms with Gasteiger partial charge in [0.05, 0.1) is 0 Å². The highest BCUT2D eigenvalue weighted by Crippen LogP contribution is 2.22. The molecule has 1 saturated heterocycles. The lowest BCUT2D eigenvalue weighted by atomic mass is 9.92. The third-order valence-electron chi connectivity index (χ3n) is 4.17. The minimum absolute atomic E-state index is 0. The summed E-state index contributed by atoms with van der Waals surface area (Å²) in [4.78, 5) is 28.5. The van der Waals surface area contributed by atoms with Crippen LogP contribution in [0.2, 0.25) is 0 Å². The predicted octanol–water partition coefficient (Wildman–Crippen LogP) is 2.03. The lowest BCUT2D eigenvalue weighted by Crippen LogP contribution is -2.53. The van der Waals surface area contributed by atoms with Crippen molar-refractivity contribution in [2.75, 3.05) is 26.7 Å². The van der Waals surface area contributed by atoms with Crippen molar-refractivity contribution < 1.29 is 9.59 Å². The molecule has 1 aliphatic heterocycles. The van der Waals surface area contributed by atoms with Crippen molar-refractivity contribution in [1.29, 1.82) is 0 Å². The van der Waals surface area contributed by atoms with E-state index >= 15 is 0 Å². The number of carbonyl (C=O) groups is 2. The molecule has 1 rings (SSSR count). The Bertz CT molecular complexity index is 374. The van der Waals surface area contributed by atoms with Crippen molar-refractivity contribution in [3.05, 3.63) is 0 Å². The van der Waals surface area contributed by atoms with Gasteiger partial charge in [-0.15, -0.1) is 12.4 Å². The Morgan fingerprint density at radius 3 is 2.50 bits per heavy atom. The van der Waals surface area contributed by atoms with Crippen LogP contribution in [0.4, 0.5) is 0 Å². The van der Waals surface area contributed by atoms with Gasteiger partial charge in [-0.05, 0) is 37.6 Å². The molecule has 0 aliphatic carbocycles. The Labute approximate surface area is 141 Å². The molecule has 1 atom stereocenters. The monoisotopic (exact) mass is 333 g/mol. The molecular formula is C16H32ClN3O2. The van der Waals surface area contributed by atoms with E-state index in [0.717, 1.165) is 25.7 Å². The second kappa shape index (κ2) is 9.36. The molecule has 0 aromatic heterocycles. The summed E-state index contributed by atoms with van der Waals surface area (Å²) >= 11 is 0. The Morgan fingerprint density at radius 1 is 1.32 bits per heavy atom. The van der Waals surface area contributed by atoms with Gasteiger partial charge in [0.25, 0.3) is 0 Å². The van der Waals surface area contributed by atoms with Gasteiger partial charge in [0, 0.05) is 26.6 Å². The number of nitrogens with two attached hydrogens (primary N) is 1. The Morgan fingerprint density at radius 2 is 1.95 bits per heavy atom. The van der Waals surface area contributed by atoms with E-state index in [2.05, 4.69) is 13.8 Å². The molecular weight excluding hydrogens is 302 g/mol. The van der Waals surface area contributed by atoms with Crippen LogP contribution in [-0.2, 0) is 9.59 Å². The van der Waals surface area contributed by atoms with Crippen LogP contribution in [0.1, 0.15) is 52.9 Å². The summed E-state index contributed by atoms with van der Waals surface area (Å²) in [5, 5.41) is 0. The minimum atomic E-state index is -0.281. The molecule has 5 nitrogen and oxygen atoms in total. The molecule has 2 amide bonds. The highest BCUT2D eigenvalue weighted by atomic mass is 35.5. The maximum atomic E-state index is 12.7. The third kappa shape index (κ3) is 5.76. The third-order valence-corrected chi connectivity index (χ3v) is 4.17. The number of rotatable bonds is 6. The van der Waals surface area contributed by atoms with Crippen LogP contribution >= 0.6 is 12.4 Å². The van der Waals surface area contributed by atoms with Crippen molar-refractivity contribution in [2.45, 2.75) is 58.9 Å². The van der Waals surface area contributed by atoms with Crippen molar-refractivity contribution in [2.24, 2.45) is 11.1 Å². The van der Waals surface area contributed by atoms with Crippen LogP contribution in [0.3, 0.4) is 0 Å². The fourth-order valence-electron chi connectivity index (χ4n) is 2.88. The van der Waals surface area contributed by atoms with Gasteiger partial charge in [-0.2, -0.15) is 0 Å². The topological polar surface area (TPSA) is 66.6 Å². The smallest absolute Gasteiger partial charge is 0.245 e. The van der Waals surface area contributed by atoms with Crippen molar-refractivity contribution >= 4 is 24.2 Å². The first kappa shape index (κ1) is 21.2. The molecule has 0 aromatic rings. The number of hydrogen-bond acceptors (Lipinski definition) is 3. The molecule has 1 heterocycles. The molecule has 0 bridgehead atoms. The van der Waals surface area contributed by atoms with Crippen LogP contribution in [0.15, 0.2) is 0 Å². The van der Waals surface area contributed by atoms with Crippen molar-refractivity contribution in [1.82, 2.24) is 9.80 Å². The molecule has 1 unspecified atom stereocenters. The first-order valence-corrected chi connectivity index (χ1v) is 8.07. The zero-order chi connectivity index (χ0) is 16.0. The summed E-state index contributed by atoms with van der Waals surface area (Å²) < 4.78 is 0. The van der Waals surface area contributed by atoms with E-state index in [4.69, 9.17) is 5.73 Å². The number of piperidine rings is 1. The van der Waals surface area contributed by atoms with Crippen LogP contribution in [0.5, 0.6) is 0 Å². The van der Waals surface area contributed by atoms with Gasteiger partial charge in [0.2, 0.25) is 11.8 Å². The molecule has 6 heteroatoms. The highest BCUT2D eigenvalue weighted by Gasteiger charge is 2.34. The average molecular weight is 334 g/mol. The molecule has 0 radical (unpaired) electrons. The van der Waals surface area contributed by atoms with E-state index in [-0.39, 0.29) is 35.7 Å². The lowest BCUT2D eigenvalue weighted by molar-refractivity contribution is -0.147. The summed E-state index contributed by atoms with van der Waals surface area (Å²) in [5.74, 6) is 0.169. The molecule has 1 fully saturated rings. The van der Waals surface area contributed by atoms with Gasteiger partial charge in [0.15, 0.2) is 0 Å². The van der Waals surface area contributed by atoms with Crippen LogP contribution in [-0.4, -0.2) is 54.3 Å². The molecule has 0 aromatic carbocycles. The van der Waals surface area contributed by atoms with Gasteiger partial charge in [-0.3, -0.25) is 9.59 Å². The number of carbonyl (C=O) groups excluding carboxylic acids is 2. The number of likely N-dealkylation sites (tertiary alicyclic amines) is 1. The Balaban J connectivity index is 0.00000441. The summed E-state index contributed by atoms with van der Waals surface area (Å²) in [6, 6.07) is -0.281. The van der Waals surface area contributed by atoms with Gasteiger partial charge < -0.3 is 15.5 Å². The second-order valence-corrected chi connectivity index (χ2v) is 6.91. The minimum Gasteiger partial charge on any atom is -0.343 e. The number of amides is 2. The Hall–Kier alpha value is -0.810. The number of nitrogens with zero attached hydrogens (tertiary/aromatic N) is 2. The lowest BCUT2D eigenvalue weighted by Gasteiger charge is -2.38. The van der Waals surface area contributed by atoms with Gasteiger partial charge in [0.1, 0.15) is 6.04 Å². The zero-order valence-corrected chi connectivity index (χ0v) is 15.2. The van der Waals surface area contributed by atoms with Gasteiger partial charge in [-0.25, -0.2) is 0 Å². The summed E-state index contributed by atoms with van der Waals surface area (Å²) in [7, 11) is 1.82. The average Bonchev–Trinajstić information content (AvgIpc) is 2.46. The normalized spacial score (nSPS) is 18.6. The summed E-state index contributed by atoms with van der Waals surface area (Å²) in [6.45, 7) is 7.97. The van der Waals surface area contributed by atoms with Crippen LogP contribution in [0, 0.1) is 5.41 Å². The predicted molar refractivity (Wildman–Crippen MR) is 92.0 cm³/mol. The zero-order valence-electron chi connectivity index (χ0n) is 14.4. The van der Waals surface area contributed by atoms with Gasteiger partial charge in [-0.1, -0.05) is 20.8 Å². The Kier molecular flexibility index (Phi) is 9.01. The highest BCUT2D eigenvalue weighted by molar-refractivity contribution is 5.87. The number of hydrogen-bond donors (Lipinski definition) is 1. The first-order chi connectivity index (χ1) is 9.82. The molecule has 22 heavy (non-hydrogen) atoms. The van der Waals surface area contributed by atoms with Crippen molar-refractivity contribution in [3.8, 4) is 0 Å². The van der Waals surface area contributed by atoms with E-state index in [0.29, 0.717) is 26.1 Å². The quantitative estimate of drug-likeness (QED) is 0.808. The van der Waals surface area contributed by atoms with Crippen molar-refractivity contribution in [3.63, 3.8) is 0 Å². The van der Waals surface area contributed by atoms with Crippen LogP contribution < -0.4 is 5.73 Å². The fourth-order valence-corrected chi connectivity index (χ4v) is 2.88. The van der Waals surface area contributed by atoms with Crippen LogP contribution in [0.25, 0.3) is 0 Å². The summed E-state index contributed by atoms with van der Waals surface area (Å²) in [6.07, 6.45) is 4.15. The molecule has 2 N–H and O–H groups in total. The summed E-state index contributed by atoms with van der Waals surface area (Å²) in [5.41, 5.74) is 5.65. The maximum absolute atomic E-state index is 12.7. The van der Waals surface area contributed by atoms with Gasteiger partial charge >= 0.3 is 0 Å². The fraction of sp³-hybridized carbons (Fsp3) is 0.875. The molecule has 0 saturated carbocycles. The van der Waals surface area contributed by atoms with E-state index in [1.807, 2.05) is 14.0 Å². The number of halogens is 1. The standard InChI is InChI=1S/C16H31N3O2.ClH/c1-5-8-14(20)19-10-7-6-9-13(19)15(21)18(4)12-16(2,3)11-17;/h13H,5-12,17H2,1-4H3;1H. The number of likely N-dealkylation sites (N-methyl/N-ethyl adjacent to an activating group) is 1. The maximum Gasteiger partial charge on any atom is 0.245 e. The largest absolute Gasteiger partial charge is 0.343 e. The second-order valence-electron chi connectivity index (χ2n) is 6.91. The SMILES string of the molecule is CCCC(=O)N1CCCCC1C(=O)N(C)CC(C)(C)CN.Cl. The van der Waals surface area contributed by atoms with E-state index in [1.165, 1.54) is 0 Å². The van der Waals surface area contributed by atoms with E-state index in [1.54, 1.807) is 9.80 Å². The molecule has 0 spiro atoms. The molecule has 130 valence electrons. The van der Waals surface area contributed by atoms with E-state index < -0.39 is 0 Å². The van der Waals surface area contributed by atoms with E-state index in [9.17, 15) is 9.59 Å².